The Labute approximate surface area is 255 Å². The maximum Gasteiger partial charge on any atom is 0.343 e. The number of carbonyl (C=O) groups is 2. The van der Waals surface area contributed by atoms with Gasteiger partial charge in [0.25, 0.3) is 5.91 Å². The number of carbonyl (C=O) groups excluding carboxylic acids is 2. The fraction of sp³-hybridized carbons (Fsp3) is 0.0938. The molecule has 5 rings (SSSR count). The highest BCUT2D eigenvalue weighted by Crippen LogP contribution is 2.39. The monoisotopic (exact) mass is 645 g/mol. The zero-order chi connectivity index (χ0) is 29.6. The molecule has 10 heteroatoms. The topological polar surface area (TPSA) is 102 Å². The van der Waals surface area contributed by atoms with Crippen LogP contribution >= 0.6 is 27.5 Å². The Kier molecular flexibility index (Phi) is 8.90. The van der Waals surface area contributed by atoms with E-state index < -0.39 is 11.9 Å². The summed E-state index contributed by atoms with van der Waals surface area (Å²) in [6, 6.07) is 24.7. The van der Waals surface area contributed by atoms with E-state index in [1.165, 1.54) is 6.21 Å². The minimum absolute atomic E-state index is 0.266. The van der Waals surface area contributed by atoms with Gasteiger partial charge in [0, 0.05) is 26.0 Å². The van der Waals surface area contributed by atoms with E-state index in [0.29, 0.717) is 50.9 Å². The number of hydrazone groups is 1. The second kappa shape index (κ2) is 12.9. The van der Waals surface area contributed by atoms with Crippen molar-refractivity contribution in [3.05, 3.63) is 111 Å². The Morgan fingerprint density at radius 3 is 2.50 bits per heavy atom. The molecule has 1 aromatic heterocycles. The summed E-state index contributed by atoms with van der Waals surface area (Å²) in [4.78, 5) is 29.2. The first-order valence-corrected chi connectivity index (χ1v) is 14.1. The molecule has 0 aliphatic carbocycles. The number of rotatable bonds is 9. The molecular weight excluding hydrogens is 622 g/mol. The van der Waals surface area contributed by atoms with Crippen LogP contribution in [-0.4, -0.2) is 36.8 Å². The third-order valence-corrected chi connectivity index (χ3v) is 7.17. The molecule has 0 saturated carbocycles. The highest BCUT2D eigenvalue weighted by atomic mass is 79.9. The number of methoxy groups -OCH3 is 1. The van der Waals surface area contributed by atoms with Gasteiger partial charge in [-0.15, -0.1) is 0 Å². The maximum atomic E-state index is 13.4. The van der Waals surface area contributed by atoms with E-state index in [1.54, 1.807) is 55.6 Å². The third kappa shape index (κ3) is 6.17. The van der Waals surface area contributed by atoms with E-state index in [1.807, 2.05) is 43.3 Å². The van der Waals surface area contributed by atoms with Gasteiger partial charge in [0.1, 0.15) is 11.4 Å². The fourth-order valence-electron chi connectivity index (χ4n) is 4.40. The van der Waals surface area contributed by atoms with Gasteiger partial charge in [-0.05, 0) is 67.1 Å². The number of fused-ring (bicyclic) bond motifs is 1. The van der Waals surface area contributed by atoms with E-state index in [0.717, 1.165) is 9.86 Å². The smallest absolute Gasteiger partial charge is 0.343 e. The zero-order valence-electron chi connectivity index (χ0n) is 22.6. The molecule has 2 N–H and O–H groups in total. The SMILES string of the molecule is CCOc1cc(C=NNC(=O)c2[nH]c3c(OC)cccc3c2-c2ccccc2Cl)ccc1OC(=O)c1ccc(Br)cc1. The lowest BCUT2D eigenvalue weighted by Gasteiger charge is -2.11. The lowest BCUT2D eigenvalue weighted by Crippen LogP contribution is -2.19. The number of aromatic nitrogens is 1. The number of nitrogens with zero attached hydrogens (tertiary/aromatic N) is 1. The predicted octanol–water partition coefficient (Wildman–Crippen LogP) is 7.64. The molecule has 1 amide bonds. The second-order valence-electron chi connectivity index (χ2n) is 8.97. The Balaban J connectivity index is 1.39. The summed E-state index contributed by atoms with van der Waals surface area (Å²) < 4.78 is 17.6. The fourth-order valence-corrected chi connectivity index (χ4v) is 4.89. The van der Waals surface area contributed by atoms with Crippen LogP contribution in [0.25, 0.3) is 22.0 Å². The van der Waals surface area contributed by atoms with Crippen molar-refractivity contribution in [2.45, 2.75) is 6.92 Å². The lowest BCUT2D eigenvalue weighted by atomic mass is 10.0. The van der Waals surface area contributed by atoms with Crippen LogP contribution in [-0.2, 0) is 0 Å². The van der Waals surface area contributed by atoms with Crippen molar-refractivity contribution in [2.75, 3.05) is 13.7 Å². The van der Waals surface area contributed by atoms with Crippen LogP contribution in [0, 0.1) is 0 Å². The molecule has 8 nitrogen and oxygen atoms in total. The van der Waals surface area contributed by atoms with Crippen molar-refractivity contribution in [2.24, 2.45) is 5.10 Å². The van der Waals surface area contributed by atoms with Crippen LogP contribution in [0.2, 0.25) is 5.02 Å². The molecule has 0 bridgehead atoms. The largest absolute Gasteiger partial charge is 0.495 e. The van der Waals surface area contributed by atoms with Gasteiger partial charge in [0.15, 0.2) is 11.5 Å². The zero-order valence-corrected chi connectivity index (χ0v) is 25.0. The number of amides is 1. The molecule has 0 spiro atoms. The molecule has 0 atom stereocenters. The number of hydrogen-bond acceptors (Lipinski definition) is 6. The molecule has 1 heterocycles. The van der Waals surface area contributed by atoms with E-state index in [2.05, 4.69) is 31.4 Å². The van der Waals surface area contributed by atoms with Crippen LogP contribution in [0.4, 0.5) is 0 Å². The first-order chi connectivity index (χ1) is 20.4. The number of nitrogens with one attached hydrogen (secondary N) is 2. The van der Waals surface area contributed by atoms with E-state index in [9.17, 15) is 9.59 Å². The van der Waals surface area contributed by atoms with Crippen LogP contribution in [0.1, 0.15) is 33.3 Å². The van der Waals surface area contributed by atoms with Gasteiger partial charge in [-0.3, -0.25) is 4.79 Å². The predicted molar refractivity (Wildman–Crippen MR) is 167 cm³/mol. The molecule has 0 unspecified atom stereocenters. The van der Waals surface area contributed by atoms with Gasteiger partial charge in [-0.1, -0.05) is 57.9 Å². The Bertz CT molecular complexity index is 1800. The third-order valence-electron chi connectivity index (χ3n) is 6.32. The van der Waals surface area contributed by atoms with Crippen LogP contribution in [0.3, 0.4) is 0 Å². The van der Waals surface area contributed by atoms with Crippen molar-refractivity contribution in [3.63, 3.8) is 0 Å². The number of halogens is 2. The van der Waals surface area contributed by atoms with Gasteiger partial charge in [0.05, 0.1) is 31.0 Å². The van der Waals surface area contributed by atoms with Crippen LogP contribution < -0.4 is 19.6 Å². The molecule has 42 heavy (non-hydrogen) atoms. The molecule has 4 aromatic carbocycles. The quantitative estimate of drug-likeness (QED) is 0.0742. The van der Waals surface area contributed by atoms with Crippen molar-refractivity contribution in [1.82, 2.24) is 10.4 Å². The minimum atomic E-state index is -0.513. The second-order valence-corrected chi connectivity index (χ2v) is 10.3. The Hall–Kier alpha value is -4.60. The van der Waals surface area contributed by atoms with Gasteiger partial charge >= 0.3 is 5.97 Å². The highest BCUT2D eigenvalue weighted by Gasteiger charge is 2.22. The van der Waals surface area contributed by atoms with Gasteiger partial charge in [-0.2, -0.15) is 5.10 Å². The number of aromatic amines is 1. The normalized spacial score (nSPS) is 11.0. The number of hydrogen-bond donors (Lipinski definition) is 2. The van der Waals surface area contributed by atoms with Gasteiger partial charge < -0.3 is 19.2 Å². The summed E-state index contributed by atoms with van der Waals surface area (Å²) in [5.41, 5.74) is 5.89. The molecular formula is C32H25BrClN3O5. The van der Waals surface area contributed by atoms with Crippen molar-refractivity contribution in [3.8, 4) is 28.4 Å². The van der Waals surface area contributed by atoms with Crippen LogP contribution in [0.5, 0.6) is 17.2 Å². The summed E-state index contributed by atoms with van der Waals surface area (Å²) in [5.74, 6) is 0.239. The molecule has 212 valence electrons. The summed E-state index contributed by atoms with van der Waals surface area (Å²) in [7, 11) is 1.57. The van der Waals surface area contributed by atoms with Crippen molar-refractivity contribution in [1.29, 1.82) is 0 Å². The number of benzene rings is 4. The lowest BCUT2D eigenvalue weighted by molar-refractivity contribution is 0.0728. The average molecular weight is 647 g/mol. The minimum Gasteiger partial charge on any atom is -0.495 e. The van der Waals surface area contributed by atoms with E-state index in [4.69, 9.17) is 25.8 Å². The summed E-state index contributed by atoms with van der Waals surface area (Å²) >= 11 is 9.88. The standard InChI is InChI=1S/C32H25BrClN3O5/c1-3-41-27-17-19(11-16-25(27)42-32(39)20-12-14-21(33)15-13-20)18-35-37-31(38)30-28(22-7-4-5-9-24(22)34)23-8-6-10-26(40-2)29(23)36-30/h4-18,36H,3H2,1-2H3,(H,37,38). The summed E-state index contributed by atoms with van der Waals surface area (Å²) in [5, 5.41) is 5.45. The number of ether oxygens (including phenoxy) is 3. The molecule has 0 saturated heterocycles. The highest BCUT2D eigenvalue weighted by molar-refractivity contribution is 9.10. The number of H-pyrrole nitrogens is 1. The Morgan fingerprint density at radius 2 is 1.76 bits per heavy atom. The molecule has 0 aliphatic rings. The summed E-state index contributed by atoms with van der Waals surface area (Å²) in [6.45, 7) is 2.18. The average Bonchev–Trinajstić information content (AvgIpc) is 3.39. The molecule has 0 fully saturated rings. The summed E-state index contributed by atoms with van der Waals surface area (Å²) in [6.07, 6.45) is 1.47. The molecule has 5 aromatic rings. The van der Waals surface area contributed by atoms with E-state index >= 15 is 0 Å². The maximum absolute atomic E-state index is 13.4. The first kappa shape index (κ1) is 28.9. The first-order valence-electron chi connectivity index (χ1n) is 12.9. The van der Waals surface area contributed by atoms with Crippen molar-refractivity contribution >= 4 is 56.5 Å². The van der Waals surface area contributed by atoms with E-state index in [-0.39, 0.29) is 11.4 Å². The Morgan fingerprint density at radius 1 is 0.976 bits per heavy atom. The molecule has 0 radical (unpaired) electrons. The molecule has 0 aliphatic heterocycles. The van der Waals surface area contributed by atoms with Crippen LogP contribution in [0.15, 0.2) is 94.5 Å². The van der Waals surface area contributed by atoms with Gasteiger partial charge in [0.2, 0.25) is 0 Å². The van der Waals surface area contributed by atoms with Crippen molar-refractivity contribution < 1.29 is 23.8 Å². The number of esters is 1. The number of para-hydroxylation sites is 1. The van der Waals surface area contributed by atoms with Gasteiger partial charge in [-0.25, -0.2) is 10.2 Å².